The summed E-state index contributed by atoms with van der Waals surface area (Å²) in [4.78, 5) is 32.1. The van der Waals surface area contributed by atoms with Crippen LogP contribution in [0.15, 0.2) is 53.5 Å². The number of phenols is 1. The highest BCUT2D eigenvalue weighted by atomic mass is 16.7. The number of hydrogen-bond acceptors (Lipinski definition) is 11. The largest absolute Gasteiger partial charge is 0.507 e. The normalized spacial score (nSPS) is 22.9. The molecule has 0 bridgehead atoms. The number of methoxy groups -OCH3 is 1. The van der Waals surface area contributed by atoms with Crippen molar-refractivity contribution in [2.24, 2.45) is 10.7 Å². The minimum atomic E-state index is -1.78. The highest BCUT2D eigenvalue weighted by Gasteiger charge is 2.46. The Morgan fingerprint density at radius 2 is 1.69 bits per heavy atom. The molecule has 1 aliphatic heterocycles. The van der Waals surface area contributed by atoms with Crippen LogP contribution in [0.2, 0.25) is 0 Å². The van der Waals surface area contributed by atoms with Gasteiger partial charge in [0.15, 0.2) is 11.7 Å². The molecule has 0 radical (unpaired) electrons. The Morgan fingerprint density at radius 3 is 2.36 bits per heavy atom. The van der Waals surface area contributed by atoms with E-state index in [1.165, 1.54) is 26.3 Å². The fourth-order valence-electron chi connectivity index (χ4n) is 5.55. The average Bonchev–Trinajstić information content (AvgIpc) is 3.05. The van der Waals surface area contributed by atoms with E-state index in [1.807, 2.05) is 30.3 Å². The number of benzene rings is 3. The number of aryl methyl sites for hydroxylation is 2. The number of nitrogens with zero attached hydrogens (tertiary/aromatic N) is 1. The molecule has 0 aromatic heterocycles. The Bertz CT molecular complexity index is 1630. The zero-order chi connectivity index (χ0) is 32.4. The van der Waals surface area contributed by atoms with Crippen LogP contribution in [0.5, 0.6) is 17.2 Å². The van der Waals surface area contributed by atoms with Crippen LogP contribution >= 0.6 is 0 Å². The average molecular weight is 622 g/mol. The molecule has 8 N–H and O–H groups in total. The van der Waals surface area contributed by atoms with Gasteiger partial charge >= 0.3 is 0 Å². The smallest absolute Gasteiger partial charge is 0.229 e. The van der Waals surface area contributed by atoms with Gasteiger partial charge in [0.05, 0.1) is 24.8 Å². The maximum absolute atomic E-state index is 14.2. The molecular formula is C32H35N3O10. The lowest BCUT2D eigenvalue weighted by molar-refractivity contribution is -0.277. The number of nitrogens with two attached hydrogens (primary N) is 1. The molecule has 5 atom stereocenters. The third-order valence-corrected chi connectivity index (χ3v) is 8.06. The molecule has 0 spiro atoms. The maximum Gasteiger partial charge on any atom is 0.229 e. The summed E-state index contributed by atoms with van der Waals surface area (Å²) in [6.45, 7) is -0.687. The molecule has 3 aromatic rings. The van der Waals surface area contributed by atoms with Crippen molar-refractivity contribution in [3.8, 4) is 17.2 Å². The van der Waals surface area contributed by atoms with Gasteiger partial charge in [-0.2, -0.15) is 0 Å². The summed E-state index contributed by atoms with van der Waals surface area (Å²) in [5, 5.41) is 55.1. The molecule has 45 heavy (non-hydrogen) atoms. The van der Waals surface area contributed by atoms with Crippen LogP contribution in [-0.4, -0.2) is 94.5 Å². The number of rotatable bonds is 9. The molecule has 1 heterocycles. The van der Waals surface area contributed by atoms with Crippen molar-refractivity contribution in [3.05, 3.63) is 87.5 Å². The summed E-state index contributed by atoms with van der Waals surface area (Å²) >= 11 is 0. The molecule has 238 valence electrons. The van der Waals surface area contributed by atoms with Gasteiger partial charge in [-0.25, -0.2) is 0 Å². The Morgan fingerprint density at radius 1 is 0.978 bits per heavy atom. The third-order valence-electron chi connectivity index (χ3n) is 8.06. The first-order chi connectivity index (χ1) is 21.6. The van der Waals surface area contributed by atoms with Crippen LogP contribution in [0.3, 0.4) is 0 Å². The van der Waals surface area contributed by atoms with E-state index in [0.717, 1.165) is 5.56 Å². The van der Waals surface area contributed by atoms with Crippen LogP contribution in [0.1, 0.15) is 48.5 Å². The molecular weight excluding hydrogens is 586 g/mol. The van der Waals surface area contributed by atoms with Crippen molar-refractivity contribution in [2.75, 3.05) is 20.8 Å². The second-order valence-corrected chi connectivity index (χ2v) is 10.8. The molecule has 0 saturated carbocycles. The monoisotopic (exact) mass is 621 g/mol. The fraction of sp³-hybridized carbons (Fsp3) is 0.344. The number of ether oxygens (including phenoxy) is 3. The lowest BCUT2D eigenvalue weighted by Crippen LogP contribution is -2.60. The maximum atomic E-state index is 14.2. The zero-order valence-electron chi connectivity index (χ0n) is 24.6. The molecule has 2 aliphatic rings. The standard InChI is InChI=1S/C32H35N3O10/c1-34-32(33)35-13-20-16(9-8-15-6-4-3-5-7-15)10-18-24(26(20)38)28(40)23-19(25(18)37)11-17(43-2)12-21(23)44-31-30(42)29(41)27(39)22(14-36)45-31/h3-7,10-12,22,27,29-31,36,38-39,41-42H,8-9,13-14H2,1-2H3,(H3,33,34,35)/t22-,27-,29+,30-,31+/m1/s1. The second kappa shape index (κ2) is 13.2. The van der Waals surface area contributed by atoms with E-state index in [2.05, 4.69) is 10.3 Å². The molecule has 13 nitrogen and oxygen atoms in total. The first kappa shape index (κ1) is 31.9. The van der Waals surface area contributed by atoms with Crippen LogP contribution in [0, 0.1) is 0 Å². The summed E-state index contributed by atoms with van der Waals surface area (Å²) in [5.41, 5.74) is 7.29. The van der Waals surface area contributed by atoms with E-state index >= 15 is 0 Å². The van der Waals surface area contributed by atoms with Gasteiger partial charge in [0.2, 0.25) is 12.1 Å². The number of aliphatic imine (C=N–C) groups is 1. The minimum Gasteiger partial charge on any atom is -0.507 e. The van der Waals surface area contributed by atoms with Crippen molar-refractivity contribution >= 4 is 17.5 Å². The van der Waals surface area contributed by atoms with Crippen molar-refractivity contribution in [3.63, 3.8) is 0 Å². The molecule has 5 rings (SSSR count). The van der Waals surface area contributed by atoms with Gasteiger partial charge in [-0.1, -0.05) is 30.3 Å². The number of phenolic OH excluding ortho intramolecular Hbond substituents is 1. The van der Waals surface area contributed by atoms with Gasteiger partial charge in [0.1, 0.15) is 41.7 Å². The number of guanidine groups is 1. The summed E-state index contributed by atoms with van der Waals surface area (Å²) in [6.07, 6.45) is -7.06. The predicted octanol–water partition coefficient (Wildman–Crippen LogP) is 0.174. The Kier molecular flexibility index (Phi) is 9.37. The first-order valence-corrected chi connectivity index (χ1v) is 14.3. The minimum absolute atomic E-state index is 0.0115. The second-order valence-electron chi connectivity index (χ2n) is 10.8. The van der Waals surface area contributed by atoms with E-state index in [9.17, 15) is 35.1 Å². The van der Waals surface area contributed by atoms with Crippen LogP contribution < -0.4 is 20.5 Å². The van der Waals surface area contributed by atoms with Gasteiger partial charge in [-0.05, 0) is 36.1 Å². The Labute approximate surface area is 258 Å². The number of hydrogen-bond donors (Lipinski definition) is 7. The third kappa shape index (κ3) is 6.08. The van der Waals surface area contributed by atoms with E-state index < -0.39 is 54.6 Å². The molecule has 3 aromatic carbocycles. The number of carbonyl (C=O) groups excluding carboxylic acids is 2. The lowest BCUT2D eigenvalue weighted by atomic mass is 9.80. The van der Waals surface area contributed by atoms with Gasteiger partial charge in [0, 0.05) is 36.3 Å². The summed E-state index contributed by atoms with van der Waals surface area (Å²) in [5.74, 6) is -1.73. The SMILES string of the molecule is CN=C(N)NCc1c(CCc2ccccc2)cc2c(c1O)C(=O)c1c(O[C@H]3O[C@H](CO)[C@@H](O)[C@H](O)[C@H]3O)cc(OC)cc1C2=O. The molecule has 1 aliphatic carbocycles. The highest BCUT2D eigenvalue weighted by Crippen LogP contribution is 2.42. The Hall–Kier alpha value is -4.53. The van der Waals surface area contributed by atoms with E-state index in [0.29, 0.717) is 24.0 Å². The number of fused-ring (bicyclic) bond motifs is 2. The highest BCUT2D eigenvalue weighted by molar-refractivity contribution is 6.30. The van der Waals surface area contributed by atoms with Crippen molar-refractivity contribution in [2.45, 2.75) is 50.1 Å². The number of aromatic hydroxyl groups is 1. The molecule has 1 fully saturated rings. The Balaban J connectivity index is 1.59. The fourth-order valence-corrected chi connectivity index (χ4v) is 5.55. The van der Waals surface area contributed by atoms with Crippen molar-refractivity contribution in [1.29, 1.82) is 0 Å². The van der Waals surface area contributed by atoms with Crippen LogP contribution in [0.4, 0.5) is 0 Å². The van der Waals surface area contributed by atoms with E-state index in [1.54, 1.807) is 6.07 Å². The summed E-state index contributed by atoms with van der Waals surface area (Å²) in [7, 11) is 2.84. The van der Waals surface area contributed by atoms with E-state index in [-0.39, 0.29) is 46.3 Å². The molecule has 1 saturated heterocycles. The number of nitrogens with one attached hydrogen (secondary N) is 1. The van der Waals surface area contributed by atoms with Gasteiger partial charge in [-0.15, -0.1) is 0 Å². The van der Waals surface area contributed by atoms with Gasteiger partial charge < -0.3 is 50.8 Å². The predicted molar refractivity (Wildman–Crippen MR) is 161 cm³/mol. The summed E-state index contributed by atoms with van der Waals surface area (Å²) < 4.78 is 16.7. The molecule has 13 heteroatoms. The summed E-state index contributed by atoms with van der Waals surface area (Å²) in [6, 6.07) is 13.9. The van der Waals surface area contributed by atoms with Crippen LogP contribution in [0.25, 0.3) is 0 Å². The van der Waals surface area contributed by atoms with E-state index in [4.69, 9.17) is 19.9 Å². The lowest BCUT2D eigenvalue weighted by Gasteiger charge is -2.39. The quantitative estimate of drug-likeness (QED) is 0.0985. The number of aliphatic hydroxyl groups is 4. The topological polar surface area (TPSA) is 213 Å². The van der Waals surface area contributed by atoms with Gasteiger partial charge in [-0.3, -0.25) is 14.6 Å². The first-order valence-electron chi connectivity index (χ1n) is 14.3. The number of aliphatic hydroxyl groups excluding tert-OH is 4. The molecule has 0 unspecified atom stereocenters. The van der Waals surface area contributed by atoms with Crippen molar-refractivity contribution < 1.29 is 49.3 Å². The van der Waals surface area contributed by atoms with Crippen molar-refractivity contribution in [1.82, 2.24) is 5.32 Å². The number of carbonyl (C=O) groups is 2. The van der Waals surface area contributed by atoms with Gasteiger partial charge in [0.25, 0.3) is 0 Å². The molecule has 0 amide bonds. The number of ketones is 2. The zero-order valence-corrected chi connectivity index (χ0v) is 24.6. The van der Waals surface area contributed by atoms with Crippen LogP contribution in [-0.2, 0) is 24.1 Å².